The SMILES string of the molecule is CCOC(COP(=O)(O)OP(C)(=O)O)=C(C)CC/C=C(\C)CC/C=C(\C)CCC=C(C)C. The van der Waals surface area contributed by atoms with E-state index in [0.717, 1.165) is 44.3 Å². The van der Waals surface area contributed by atoms with E-state index < -0.39 is 15.4 Å². The van der Waals surface area contributed by atoms with Gasteiger partial charge >= 0.3 is 15.4 Å². The summed E-state index contributed by atoms with van der Waals surface area (Å²) in [4.78, 5) is 18.7. The lowest BCUT2D eigenvalue weighted by Crippen LogP contribution is -2.05. The Labute approximate surface area is 194 Å². The zero-order chi connectivity index (χ0) is 24.8. The van der Waals surface area contributed by atoms with Crippen molar-refractivity contribution < 1.29 is 32.5 Å². The van der Waals surface area contributed by atoms with E-state index in [1.165, 1.54) is 16.7 Å². The highest BCUT2D eigenvalue weighted by Crippen LogP contribution is 2.57. The summed E-state index contributed by atoms with van der Waals surface area (Å²) < 4.78 is 37.6. The second-order valence-corrected chi connectivity index (χ2v) is 11.7. The van der Waals surface area contributed by atoms with Crippen molar-refractivity contribution in [2.24, 2.45) is 0 Å². The zero-order valence-electron chi connectivity index (χ0n) is 20.7. The Morgan fingerprint density at radius 3 is 1.81 bits per heavy atom. The van der Waals surface area contributed by atoms with E-state index >= 15 is 0 Å². The van der Waals surface area contributed by atoms with Gasteiger partial charge in [-0.15, -0.1) is 0 Å². The van der Waals surface area contributed by atoms with Crippen LogP contribution in [-0.2, 0) is 22.7 Å². The molecule has 2 atom stereocenters. The van der Waals surface area contributed by atoms with E-state index in [9.17, 15) is 14.0 Å². The average molecular weight is 493 g/mol. The Morgan fingerprint density at radius 2 is 1.34 bits per heavy atom. The summed E-state index contributed by atoms with van der Waals surface area (Å²) >= 11 is 0. The molecule has 32 heavy (non-hydrogen) atoms. The van der Waals surface area contributed by atoms with Crippen molar-refractivity contribution in [3.05, 3.63) is 46.3 Å². The summed E-state index contributed by atoms with van der Waals surface area (Å²) in [5.41, 5.74) is 4.97. The summed E-state index contributed by atoms with van der Waals surface area (Å²) in [6.07, 6.45) is 12.5. The fraction of sp³-hybridized carbons (Fsp3) is 0.652. The van der Waals surface area contributed by atoms with Crippen LogP contribution in [0.15, 0.2) is 46.3 Å². The summed E-state index contributed by atoms with van der Waals surface area (Å²) in [7, 11) is -8.80. The molecule has 0 aliphatic carbocycles. The van der Waals surface area contributed by atoms with Gasteiger partial charge in [-0.25, -0.2) is 8.88 Å². The third kappa shape index (κ3) is 17.6. The lowest BCUT2D eigenvalue weighted by Gasteiger charge is -2.17. The first-order valence-electron chi connectivity index (χ1n) is 11.0. The highest BCUT2D eigenvalue weighted by molar-refractivity contribution is 7.63. The number of allylic oxidation sites excluding steroid dienone is 7. The van der Waals surface area contributed by atoms with Crippen LogP contribution in [0.2, 0.25) is 0 Å². The van der Waals surface area contributed by atoms with Gasteiger partial charge in [-0.05, 0) is 85.6 Å². The minimum absolute atomic E-state index is 0.313. The number of phosphoric ester groups is 1. The van der Waals surface area contributed by atoms with E-state index in [1.807, 2.05) is 6.92 Å². The van der Waals surface area contributed by atoms with Crippen LogP contribution in [0.4, 0.5) is 0 Å². The van der Waals surface area contributed by atoms with Crippen molar-refractivity contribution in [2.75, 3.05) is 19.9 Å². The molecule has 0 fully saturated rings. The molecule has 0 saturated carbocycles. The monoisotopic (exact) mass is 492 g/mol. The van der Waals surface area contributed by atoms with Gasteiger partial charge in [0.15, 0.2) is 0 Å². The molecule has 0 aliphatic heterocycles. The van der Waals surface area contributed by atoms with E-state index in [0.29, 0.717) is 18.8 Å². The summed E-state index contributed by atoms with van der Waals surface area (Å²) in [5, 5.41) is 0. The summed E-state index contributed by atoms with van der Waals surface area (Å²) in [6.45, 7) is 13.1. The molecule has 0 bridgehead atoms. The molecule has 0 aromatic rings. The Bertz CT molecular complexity index is 784. The minimum atomic E-state index is -4.65. The smallest absolute Gasteiger partial charge is 0.479 e. The molecule has 2 unspecified atom stereocenters. The van der Waals surface area contributed by atoms with E-state index in [1.54, 1.807) is 6.92 Å². The maximum Gasteiger partial charge on any atom is 0.479 e. The molecule has 0 saturated heterocycles. The lowest BCUT2D eigenvalue weighted by molar-refractivity contribution is 0.147. The number of hydrogen-bond acceptors (Lipinski definition) is 5. The Morgan fingerprint density at radius 1 is 0.844 bits per heavy atom. The predicted octanol–water partition coefficient (Wildman–Crippen LogP) is 7.45. The van der Waals surface area contributed by atoms with Gasteiger partial charge in [0.1, 0.15) is 12.4 Å². The van der Waals surface area contributed by atoms with Gasteiger partial charge in [-0.3, -0.25) is 9.09 Å². The van der Waals surface area contributed by atoms with Gasteiger partial charge in [-0.2, -0.15) is 0 Å². The highest BCUT2D eigenvalue weighted by Gasteiger charge is 2.30. The minimum Gasteiger partial charge on any atom is -0.496 e. The molecule has 0 aliphatic rings. The van der Waals surface area contributed by atoms with Crippen LogP contribution in [0.5, 0.6) is 0 Å². The molecule has 0 rings (SSSR count). The second-order valence-electron chi connectivity index (χ2n) is 8.26. The van der Waals surface area contributed by atoms with Crippen molar-refractivity contribution in [1.82, 2.24) is 0 Å². The van der Waals surface area contributed by atoms with E-state index in [4.69, 9.17) is 14.2 Å². The zero-order valence-corrected chi connectivity index (χ0v) is 22.5. The Kier molecular flexibility index (Phi) is 15.4. The van der Waals surface area contributed by atoms with Crippen LogP contribution < -0.4 is 0 Å². The quantitative estimate of drug-likeness (QED) is 0.131. The normalized spacial score (nSPS) is 17.3. The van der Waals surface area contributed by atoms with Crippen LogP contribution in [0.1, 0.15) is 80.1 Å². The van der Waals surface area contributed by atoms with Gasteiger partial charge in [0.05, 0.1) is 6.61 Å². The maximum absolute atomic E-state index is 11.8. The first-order valence-corrected chi connectivity index (χ1v) is 14.5. The van der Waals surface area contributed by atoms with Crippen LogP contribution in [0.3, 0.4) is 0 Å². The van der Waals surface area contributed by atoms with Gasteiger partial charge in [-0.1, -0.05) is 34.9 Å². The van der Waals surface area contributed by atoms with Gasteiger partial charge in [0, 0.05) is 6.66 Å². The van der Waals surface area contributed by atoms with Crippen molar-refractivity contribution in [3.8, 4) is 0 Å². The van der Waals surface area contributed by atoms with Crippen LogP contribution in [0, 0.1) is 0 Å². The number of ether oxygens (including phenoxy) is 1. The molecular formula is C23H42O7P2. The number of rotatable bonds is 16. The molecule has 0 heterocycles. The lowest BCUT2D eigenvalue weighted by atomic mass is 10.0. The molecule has 0 aromatic heterocycles. The molecule has 9 heteroatoms. The van der Waals surface area contributed by atoms with Crippen molar-refractivity contribution in [3.63, 3.8) is 0 Å². The molecule has 0 aromatic carbocycles. The summed E-state index contributed by atoms with van der Waals surface area (Å²) in [5.74, 6) is 0.426. The van der Waals surface area contributed by atoms with Crippen molar-refractivity contribution in [1.29, 1.82) is 0 Å². The fourth-order valence-corrected chi connectivity index (χ4v) is 4.83. The van der Waals surface area contributed by atoms with Crippen LogP contribution >= 0.6 is 15.4 Å². The fourth-order valence-electron chi connectivity index (χ4n) is 2.83. The van der Waals surface area contributed by atoms with Gasteiger partial charge in [0.25, 0.3) is 0 Å². The third-order valence-corrected chi connectivity index (χ3v) is 7.04. The molecule has 7 nitrogen and oxygen atoms in total. The van der Waals surface area contributed by atoms with E-state index in [-0.39, 0.29) is 6.61 Å². The Hall–Kier alpha value is -0.940. The number of hydrogen-bond donors (Lipinski definition) is 2. The molecule has 2 N–H and O–H groups in total. The number of phosphoric acid groups is 1. The molecule has 0 radical (unpaired) electrons. The summed E-state index contributed by atoms with van der Waals surface area (Å²) in [6, 6.07) is 0. The highest BCUT2D eigenvalue weighted by atomic mass is 31.3. The second kappa shape index (κ2) is 15.8. The van der Waals surface area contributed by atoms with E-state index in [2.05, 4.69) is 50.2 Å². The topological polar surface area (TPSA) is 102 Å². The van der Waals surface area contributed by atoms with Gasteiger partial charge < -0.3 is 14.5 Å². The molecule has 186 valence electrons. The van der Waals surface area contributed by atoms with Gasteiger partial charge in [0.2, 0.25) is 0 Å². The Balaban J connectivity index is 4.68. The third-order valence-electron chi connectivity index (χ3n) is 4.54. The maximum atomic E-state index is 11.8. The van der Waals surface area contributed by atoms with Crippen LogP contribution in [-0.4, -0.2) is 29.7 Å². The largest absolute Gasteiger partial charge is 0.496 e. The molecule has 0 spiro atoms. The average Bonchev–Trinajstić information content (AvgIpc) is 2.62. The standard InChI is InChI=1S/C23H42O7P2/c1-8-28-23(18-29-32(26,27)30-31(7,24)25)22(6)17-11-16-21(5)15-10-14-20(4)13-9-12-19(2)3/h12,14,16H,8-11,13,15,17-18H2,1-7H3,(H,24,25)(H,26,27)/b20-14+,21-16+,23-22?. The first kappa shape index (κ1) is 31.1. The first-order chi connectivity index (χ1) is 14.8. The predicted molar refractivity (Wildman–Crippen MR) is 132 cm³/mol. The van der Waals surface area contributed by atoms with Crippen molar-refractivity contribution >= 4 is 15.4 Å². The van der Waals surface area contributed by atoms with Crippen molar-refractivity contribution in [2.45, 2.75) is 80.1 Å². The molecular weight excluding hydrogens is 450 g/mol. The van der Waals surface area contributed by atoms with Crippen LogP contribution in [0.25, 0.3) is 0 Å². The molecule has 0 amide bonds.